The first kappa shape index (κ1) is 17.3. The number of anilines is 1. The topological polar surface area (TPSA) is 88.3 Å². The molecule has 3 rings (SSSR count). The normalized spacial score (nSPS) is 10.5. The van der Waals surface area contributed by atoms with Gasteiger partial charge in [0, 0.05) is 12.2 Å². The number of carbonyl (C=O) groups excluding carboxylic acids is 1. The van der Waals surface area contributed by atoms with Gasteiger partial charge in [-0.15, -0.1) is 5.10 Å². The maximum absolute atomic E-state index is 12.8. The maximum Gasteiger partial charge on any atom is 0.335 e. The second-order valence-electron chi connectivity index (χ2n) is 5.74. The molecule has 1 aromatic heterocycles. The fourth-order valence-electron chi connectivity index (χ4n) is 2.66. The average molecular weight is 350 g/mol. The molecule has 0 fully saturated rings. The quantitative estimate of drug-likeness (QED) is 0.764. The van der Waals surface area contributed by atoms with Crippen LogP contribution in [0.3, 0.4) is 0 Å². The van der Waals surface area contributed by atoms with Gasteiger partial charge in [0.15, 0.2) is 5.69 Å². The highest BCUT2D eigenvalue weighted by Crippen LogP contribution is 2.18. The highest BCUT2D eigenvalue weighted by molar-refractivity contribution is 6.04. The number of nitrogens with zero attached hydrogens (tertiary/aromatic N) is 4. The van der Waals surface area contributed by atoms with E-state index in [-0.39, 0.29) is 17.2 Å². The standard InChI is InChI=1S/C19H18N4O3/c1-3-22(15-7-5-4-6-8-15)18(24)16-12-23(21-20-16)17-11-14(19(25)26)10-9-13(17)2/h4-12H,3H2,1-2H3,(H,25,26). The molecule has 0 atom stereocenters. The Balaban J connectivity index is 1.94. The van der Waals surface area contributed by atoms with Crippen LogP contribution in [0.25, 0.3) is 5.69 Å². The van der Waals surface area contributed by atoms with Gasteiger partial charge in [0.2, 0.25) is 0 Å². The zero-order valence-electron chi connectivity index (χ0n) is 14.5. The Bertz CT molecular complexity index is 950. The minimum absolute atomic E-state index is 0.147. The molecule has 0 bridgehead atoms. The molecular formula is C19H18N4O3. The van der Waals surface area contributed by atoms with Gasteiger partial charge in [-0.2, -0.15) is 0 Å². The number of aryl methyl sites for hydroxylation is 1. The second-order valence-corrected chi connectivity index (χ2v) is 5.74. The van der Waals surface area contributed by atoms with Gasteiger partial charge in [0.1, 0.15) is 0 Å². The number of aromatic nitrogens is 3. The van der Waals surface area contributed by atoms with Crippen molar-refractivity contribution in [3.63, 3.8) is 0 Å². The van der Waals surface area contributed by atoms with E-state index in [1.165, 1.54) is 23.0 Å². The predicted molar refractivity (Wildman–Crippen MR) is 96.8 cm³/mol. The van der Waals surface area contributed by atoms with E-state index < -0.39 is 5.97 Å². The molecule has 0 saturated heterocycles. The molecule has 0 spiro atoms. The van der Waals surface area contributed by atoms with Gasteiger partial charge in [-0.1, -0.05) is 29.5 Å². The number of benzene rings is 2. The Kier molecular flexibility index (Phi) is 4.79. The van der Waals surface area contributed by atoms with E-state index in [2.05, 4.69) is 10.3 Å². The fourth-order valence-corrected chi connectivity index (χ4v) is 2.66. The summed E-state index contributed by atoms with van der Waals surface area (Å²) in [7, 11) is 0. The lowest BCUT2D eigenvalue weighted by Crippen LogP contribution is -2.30. The molecule has 1 N–H and O–H groups in total. The van der Waals surface area contributed by atoms with Crippen molar-refractivity contribution in [1.82, 2.24) is 15.0 Å². The minimum Gasteiger partial charge on any atom is -0.478 e. The van der Waals surface area contributed by atoms with Crippen LogP contribution in [0.5, 0.6) is 0 Å². The first-order chi connectivity index (χ1) is 12.5. The number of carbonyl (C=O) groups is 2. The van der Waals surface area contributed by atoms with Crippen molar-refractivity contribution in [2.45, 2.75) is 13.8 Å². The number of rotatable bonds is 5. The highest BCUT2D eigenvalue weighted by Gasteiger charge is 2.20. The average Bonchev–Trinajstić information content (AvgIpc) is 3.13. The molecule has 0 aliphatic heterocycles. The Morgan fingerprint density at radius 3 is 2.54 bits per heavy atom. The van der Waals surface area contributed by atoms with Gasteiger partial charge in [-0.05, 0) is 43.7 Å². The molecule has 1 heterocycles. The third-order valence-corrected chi connectivity index (χ3v) is 4.04. The summed E-state index contributed by atoms with van der Waals surface area (Å²) in [6.07, 6.45) is 1.52. The smallest absolute Gasteiger partial charge is 0.335 e. The number of aromatic carboxylic acids is 1. The molecule has 0 unspecified atom stereocenters. The largest absolute Gasteiger partial charge is 0.478 e. The number of carboxylic acids is 1. The monoisotopic (exact) mass is 350 g/mol. The van der Waals surface area contributed by atoms with Crippen LogP contribution < -0.4 is 4.90 Å². The van der Waals surface area contributed by atoms with Crippen LogP contribution in [-0.4, -0.2) is 38.5 Å². The van der Waals surface area contributed by atoms with Gasteiger partial charge >= 0.3 is 5.97 Å². The Morgan fingerprint density at radius 1 is 1.15 bits per heavy atom. The predicted octanol–water partition coefficient (Wildman–Crippen LogP) is 2.94. The SMILES string of the molecule is CCN(C(=O)c1cn(-c2cc(C(=O)O)ccc2C)nn1)c1ccccc1. The third-order valence-electron chi connectivity index (χ3n) is 4.04. The lowest BCUT2D eigenvalue weighted by molar-refractivity contribution is 0.0696. The lowest BCUT2D eigenvalue weighted by atomic mass is 10.1. The molecular weight excluding hydrogens is 332 g/mol. The molecule has 7 nitrogen and oxygen atoms in total. The second kappa shape index (κ2) is 7.18. The van der Waals surface area contributed by atoms with Crippen LogP contribution in [0.15, 0.2) is 54.7 Å². The van der Waals surface area contributed by atoms with Crippen LogP contribution in [0.1, 0.15) is 33.3 Å². The summed E-state index contributed by atoms with van der Waals surface area (Å²) in [6.45, 7) is 4.21. The summed E-state index contributed by atoms with van der Waals surface area (Å²) in [5.41, 5.74) is 2.51. The summed E-state index contributed by atoms with van der Waals surface area (Å²) in [5.74, 6) is -1.29. The van der Waals surface area contributed by atoms with E-state index in [1.54, 1.807) is 11.0 Å². The van der Waals surface area contributed by atoms with Crippen molar-refractivity contribution >= 4 is 17.6 Å². The summed E-state index contributed by atoms with van der Waals surface area (Å²) in [4.78, 5) is 25.6. The number of hydrogen-bond donors (Lipinski definition) is 1. The van der Waals surface area contributed by atoms with Crippen molar-refractivity contribution in [1.29, 1.82) is 0 Å². The van der Waals surface area contributed by atoms with E-state index in [9.17, 15) is 9.59 Å². The van der Waals surface area contributed by atoms with E-state index in [1.807, 2.05) is 44.2 Å². The molecule has 3 aromatic rings. The first-order valence-corrected chi connectivity index (χ1v) is 8.15. The minimum atomic E-state index is -1.02. The van der Waals surface area contributed by atoms with Crippen molar-refractivity contribution in [2.24, 2.45) is 0 Å². The van der Waals surface area contributed by atoms with E-state index >= 15 is 0 Å². The molecule has 0 saturated carbocycles. The molecule has 132 valence electrons. The van der Waals surface area contributed by atoms with Gasteiger partial charge in [-0.25, -0.2) is 9.48 Å². The highest BCUT2D eigenvalue weighted by atomic mass is 16.4. The summed E-state index contributed by atoms with van der Waals surface area (Å²) >= 11 is 0. The maximum atomic E-state index is 12.8. The van der Waals surface area contributed by atoms with Crippen LogP contribution in [0.4, 0.5) is 5.69 Å². The third kappa shape index (κ3) is 3.32. The zero-order valence-corrected chi connectivity index (χ0v) is 14.5. The number of hydrogen-bond acceptors (Lipinski definition) is 4. The summed E-state index contributed by atoms with van der Waals surface area (Å²) in [6, 6.07) is 14.1. The van der Waals surface area contributed by atoms with Gasteiger partial charge < -0.3 is 10.0 Å². The Hall–Kier alpha value is -3.48. The molecule has 7 heteroatoms. The first-order valence-electron chi connectivity index (χ1n) is 8.15. The van der Waals surface area contributed by atoms with Gasteiger partial charge in [0.25, 0.3) is 5.91 Å². The summed E-state index contributed by atoms with van der Waals surface area (Å²) < 4.78 is 1.42. The zero-order chi connectivity index (χ0) is 18.7. The Labute approximate surface area is 150 Å². The van der Waals surface area contributed by atoms with Crippen LogP contribution in [-0.2, 0) is 0 Å². The molecule has 26 heavy (non-hydrogen) atoms. The van der Waals surface area contributed by atoms with Gasteiger partial charge in [0.05, 0.1) is 17.4 Å². The van der Waals surface area contributed by atoms with Crippen molar-refractivity contribution in [2.75, 3.05) is 11.4 Å². The van der Waals surface area contributed by atoms with Crippen molar-refractivity contribution in [3.8, 4) is 5.69 Å². The number of para-hydroxylation sites is 1. The number of amides is 1. The molecule has 0 aliphatic carbocycles. The van der Waals surface area contributed by atoms with Crippen LogP contribution in [0, 0.1) is 6.92 Å². The van der Waals surface area contributed by atoms with Gasteiger partial charge in [-0.3, -0.25) is 4.79 Å². The van der Waals surface area contributed by atoms with E-state index in [0.29, 0.717) is 12.2 Å². The van der Waals surface area contributed by atoms with E-state index in [4.69, 9.17) is 5.11 Å². The fraction of sp³-hybridized carbons (Fsp3) is 0.158. The Morgan fingerprint density at radius 2 is 1.88 bits per heavy atom. The number of carboxylic acid groups (broad SMARTS) is 1. The van der Waals surface area contributed by atoms with Crippen molar-refractivity contribution < 1.29 is 14.7 Å². The molecule has 1 amide bonds. The van der Waals surface area contributed by atoms with E-state index in [0.717, 1.165) is 11.3 Å². The lowest BCUT2D eigenvalue weighted by Gasteiger charge is -2.19. The van der Waals surface area contributed by atoms with Crippen molar-refractivity contribution in [3.05, 3.63) is 71.5 Å². The molecule has 0 radical (unpaired) electrons. The summed E-state index contributed by atoms with van der Waals surface area (Å²) in [5, 5.41) is 17.1. The van der Waals surface area contributed by atoms with Crippen LogP contribution in [0.2, 0.25) is 0 Å². The molecule has 0 aliphatic rings. The van der Waals surface area contributed by atoms with Crippen LogP contribution >= 0.6 is 0 Å². The molecule has 2 aromatic carbocycles.